The summed E-state index contributed by atoms with van der Waals surface area (Å²) >= 11 is 0. The quantitative estimate of drug-likeness (QED) is 0.791. The van der Waals surface area contributed by atoms with Crippen molar-refractivity contribution in [1.82, 2.24) is 9.80 Å². The van der Waals surface area contributed by atoms with Crippen LogP contribution in [0.5, 0.6) is 0 Å². The van der Waals surface area contributed by atoms with E-state index in [-0.39, 0.29) is 6.54 Å². The van der Waals surface area contributed by atoms with Gasteiger partial charge in [0.15, 0.2) is 0 Å². The lowest BCUT2D eigenvalue weighted by molar-refractivity contribution is -0.140. The summed E-state index contributed by atoms with van der Waals surface area (Å²) in [6.07, 6.45) is 1.48. The maximum absolute atomic E-state index is 12.0. The normalized spacial score (nSPS) is 10.1. The van der Waals surface area contributed by atoms with Crippen molar-refractivity contribution in [3.8, 4) is 0 Å². The molecule has 110 valence electrons. The van der Waals surface area contributed by atoms with Gasteiger partial charge >= 0.3 is 18.0 Å². The third kappa shape index (κ3) is 4.30. The molecule has 1 heterocycles. The Morgan fingerprint density at radius 2 is 1.75 bits per heavy atom. The fraction of sp³-hybridized carbons (Fsp3) is 0.417. The number of carboxylic acid groups (broad SMARTS) is 2. The van der Waals surface area contributed by atoms with Crippen molar-refractivity contribution in [1.29, 1.82) is 0 Å². The second-order valence-electron chi connectivity index (χ2n) is 4.28. The number of aryl methyl sites for hydroxylation is 1. The van der Waals surface area contributed by atoms with Crippen LogP contribution in [0.2, 0.25) is 0 Å². The van der Waals surface area contributed by atoms with E-state index in [4.69, 9.17) is 14.6 Å². The molecule has 0 aliphatic carbocycles. The first-order chi connectivity index (χ1) is 9.31. The Balaban J connectivity index is 2.74. The minimum absolute atomic E-state index is 0.205. The van der Waals surface area contributed by atoms with E-state index >= 15 is 0 Å². The lowest BCUT2D eigenvalue weighted by Gasteiger charge is -2.25. The van der Waals surface area contributed by atoms with Crippen molar-refractivity contribution in [3.05, 3.63) is 23.7 Å². The predicted molar refractivity (Wildman–Crippen MR) is 67.2 cm³/mol. The zero-order valence-electron chi connectivity index (χ0n) is 11.2. The van der Waals surface area contributed by atoms with Crippen molar-refractivity contribution < 1.29 is 29.0 Å². The van der Waals surface area contributed by atoms with Crippen LogP contribution in [0.15, 0.2) is 16.7 Å². The van der Waals surface area contributed by atoms with Crippen LogP contribution < -0.4 is 0 Å². The number of aliphatic carboxylic acids is 2. The molecule has 1 aromatic heterocycles. The molecule has 0 bridgehead atoms. The molecule has 0 aliphatic heterocycles. The first kappa shape index (κ1) is 15.5. The van der Waals surface area contributed by atoms with Gasteiger partial charge in [0, 0.05) is 12.6 Å². The largest absolute Gasteiger partial charge is 0.480 e. The molecule has 0 spiro atoms. The summed E-state index contributed by atoms with van der Waals surface area (Å²) < 4.78 is 5.09. The Morgan fingerprint density at radius 1 is 1.20 bits per heavy atom. The van der Waals surface area contributed by atoms with Crippen LogP contribution in [0.25, 0.3) is 0 Å². The minimum atomic E-state index is -1.27. The molecule has 0 atom stereocenters. The van der Waals surface area contributed by atoms with E-state index in [0.717, 1.165) is 10.5 Å². The number of nitrogens with zero attached hydrogens (tertiary/aromatic N) is 2. The molecular formula is C12H16N2O6. The van der Waals surface area contributed by atoms with E-state index in [2.05, 4.69) is 0 Å². The van der Waals surface area contributed by atoms with Gasteiger partial charge in [-0.2, -0.15) is 0 Å². The molecule has 0 fully saturated rings. The van der Waals surface area contributed by atoms with E-state index in [0.29, 0.717) is 5.76 Å². The summed E-state index contributed by atoms with van der Waals surface area (Å²) in [5.41, 5.74) is 0.770. The van der Waals surface area contributed by atoms with Crippen LogP contribution in [0, 0.1) is 6.92 Å². The third-order valence-electron chi connectivity index (χ3n) is 2.62. The number of carbonyl (C=O) groups excluding carboxylic acids is 1. The van der Waals surface area contributed by atoms with Gasteiger partial charge in [0.25, 0.3) is 0 Å². The summed E-state index contributed by atoms with van der Waals surface area (Å²) in [4.78, 5) is 35.4. The van der Waals surface area contributed by atoms with E-state index in [1.165, 1.54) is 18.2 Å². The van der Waals surface area contributed by atoms with E-state index in [9.17, 15) is 14.4 Å². The van der Waals surface area contributed by atoms with Crippen LogP contribution in [0.3, 0.4) is 0 Å². The Kier molecular flexibility index (Phi) is 5.13. The average molecular weight is 284 g/mol. The van der Waals surface area contributed by atoms with Gasteiger partial charge in [-0.25, -0.2) is 4.79 Å². The average Bonchev–Trinajstić information content (AvgIpc) is 2.72. The SMILES string of the molecule is Cc1occc1CN(C)C(=O)N(CC(=O)O)CC(=O)O. The van der Waals surface area contributed by atoms with Gasteiger partial charge in [0.2, 0.25) is 0 Å². The molecule has 0 saturated heterocycles. The standard InChI is InChI=1S/C12H16N2O6/c1-8-9(3-4-20-8)5-13(2)12(19)14(6-10(15)16)7-11(17)18/h3-4H,5-7H2,1-2H3,(H,15,16)(H,17,18). The molecule has 2 amide bonds. The number of urea groups is 1. The minimum Gasteiger partial charge on any atom is -0.480 e. The summed E-state index contributed by atoms with van der Waals surface area (Å²) in [6.45, 7) is 0.608. The molecule has 1 aromatic rings. The van der Waals surface area contributed by atoms with Gasteiger partial charge in [0.1, 0.15) is 18.8 Å². The lowest BCUT2D eigenvalue weighted by atomic mass is 10.2. The number of hydrogen-bond donors (Lipinski definition) is 2. The van der Waals surface area contributed by atoms with E-state index in [1.54, 1.807) is 13.0 Å². The second-order valence-corrected chi connectivity index (χ2v) is 4.28. The molecule has 0 radical (unpaired) electrons. The first-order valence-electron chi connectivity index (χ1n) is 5.78. The van der Waals surface area contributed by atoms with Gasteiger partial charge in [-0.15, -0.1) is 0 Å². The topological polar surface area (TPSA) is 111 Å². The predicted octanol–water partition coefficient (Wildman–Crippen LogP) is 0.611. The van der Waals surface area contributed by atoms with Crippen molar-refractivity contribution in [2.75, 3.05) is 20.1 Å². The highest BCUT2D eigenvalue weighted by molar-refractivity contribution is 5.84. The van der Waals surface area contributed by atoms with Crippen molar-refractivity contribution in [2.45, 2.75) is 13.5 Å². The molecule has 8 nitrogen and oxygen atoms in total. The highest BCUT2D eigenvalue weighted by Gasteiger charge is 2.23. The summed E-state index contributed by atoms with van der Waals surface area (Å²) in [7, 11) is 1.46. The third-order valence-corrected chi connectivity index (χ3v) is 2.62. The maximum atomic E-state index is 12.0. The molecule has 1 rings (SSSR count). The summed E-state index contributed by atoms with van der Waals surface area (Å²) in [5, 5.41) is 17.4. The zero-order valence-corrected chi connectivity index (χ0v) is 11.2. The summed E-state index contributed by atoms with van der Waals surface area (Å²) in [6, 6.07) is 1.02. The second kappa shape index (κ2) is 6.60. The highest BCUT2D eigenvalue weighted by atomic mass is 16.4. The van der Waals surface area contributed by atoms with Gasteiger partial charge in [-0.05, 0) is 13.0 Å². The Morgan fingerprint density at radius 3 is 2.15 bits per heavy atom. The van der Waals surface area contributed by atoms with Crippen molar-refractivity contribution in [3.63, 3.8) is 0 Å². The first-order valence-corrected chi connectivity index (χ1v) is 5.78. The molecule has 2 N–H and O–H groups in total. The van der Waals surface area contributed by atoms with E-state index in [1.807, 2.05) is 0 Å². The van der Waals surface area contributed by atoms with Crippen LogP contribution in [0.4, 0.5) is 4.79 Å². The van der Waals surface area contributed by atoms with E-state index < -0.39 is 31.1 Å². The van der Waals surface area contributed by atoms with Crippen molar-refractivity contribution >= 4 is 18.0 Å². The molecule has 0 unspecified atom stereocenters. The van der Waals surface area contributed by atoms with Gasteiger partial charge in [-0.1, -0.05) is 0 Å². The van der Waals surface area contributed by atoms with Gasteiger partial charge in [0.05, 0.1) is 12.8 Å². The van der Waals surface area contributed by atoms with Crippen LogP contribution in [-0.4, -0.2) is 58.1 Å². The van der Waals surface area contributed by atoms with Crippen LogP contribution >= 0.6 is 0 Å². The van der Waals surface area contributed by atoms with Gasteiger partial charge < -0.3 is 24.4 Å². The number of hydrogen-bond acceptors (Lipinski definition) is 4. The van der Waals surface area contributed by atoms with Crippen molar-refractivity contribution in [2.24, 2.45) is 0 Å². The monoisotopic (exact) mass is 284 g/mol. The number of furan rings is 1. The molecule has 8 heteroatoms. The van der Waals surface area contributed by atoms with Gasteiger partial charge in [-0.3, -0.25) is 9.59 Å². The van der Waals surface area contributed by atoms with Crippen LogP contribution in [-0.2, 0) is 16.1 Å². The number of amides is 2. The number of rotatable bonds is 6. The van der Waals surface area contributed by atoms with Crippen LogP contribution in [0.1, 0.15) is 11.3 Å². The maximum Gasteiger partial charge on any atom is 0.323 e. The smallest absolute Gasteiger partial charge is 0.323 e. The number of carboxylic acids is 2. The Hall–Kier alpha value is -2.51. The summed E-state index contributed by atoms with van der Waals surface area (Å²) in [5.74, 6) is -1.90. The number of carbonyl (C=O) groups is 3. The molecule has 0 aromatic carbocycles. The molecule has 20 heavy (non-hydrogen) atoms. The fourth-order valence-corrected chi connectivity index (χ4v) is 1.66. The molecular weight excluding hydrogens is 268 g/mol. The Bertz CT molecular complexity index is 494. The fourth-order valence-electron chi connectivity index (χ4n) is 1.66. The zero-order chi connectivity index (χ0) is 15.3. The Labute approximate surface area is 115 Å². The lowest BCUT2D eigenvalue weighted by Crippen LogP contribution is -2.45. The highest BCUT2D eigenvalue weighted by Crippen LogP contribution is 2.12. The molecule has 0 aliphatic rings. The molecule has 0 saturated carbocycles.